The Morgan fingerprint density at radius 1 is 1.14 bits per heavy atom. The average Bonchev–Trinajstić information content (AvgIpc) is 2.39. The van der Waals surface area contributed by atoms with Crippen LogP contribution in [0.3, 0.4) is 0 Å². The first-order valence-corrected chi connectivity index (χ1v) is 7.98. The normalized spacial score (nSPS) is 11.4. The summed E-state index contributed by atoms with van der Waals surface area (Å²) in [6.07, 6.45) is 0. The molecular weight excluding hydrogens is 338 g/mol. The summed E-state index contributed by atoms with van der Waals surface area (Å²) in [5, 5.41) is 0.521. The molecule has 0 heterocycles. The Hall–Kier alpha value is -1.50. The number of sulfonamides is 1. The Bertz CT molecular complexity index is 787. The van der Waals surface area contributed by atoms with Gasteiger partial charge in [-0.25, -0.2) is 12.8 Å². The molecule has 0 fully saturated rings. The summed E-state index contributed by atoms with van der Waals surface area (Å²) in [7, 11) is -3.90. The highest BCUT2D eigenvalue weighted by atomic mass is 35.5. The van der Waals surface area contributed by atoms with Crippen LogP contribution in [0.4, 0.5) is 15.8 Å². The van der Waals surface area contributed by atoms with Gasteiger partial charge in [-0.1, -0.05) is 23.2 Å². The lowest BCUT2D eigenvalue weighted by atomic mass is 10.2. The van der Waals surface area contributed by atoms with Gasteiger partial charge in [0, 0.05) is 0 Å². The van der Waals surface area contributed by atoms with Gasteiger partial charge in [-0.15, -0.1) is 0 Å². The number of nitrogens with two attached hydrogens (primary N) is 1. The first kappa shape index (κ1) is 15.9. The quantitative estimate of drug-likeness (QED) is 0.828. The predicted molar refractivity (Wildman–Crippen MR) is 82.8 cm³/mol. The summed E-state index contributed by atoms with van der Waals surface area (Å²) in [6.45, 7) is 1.43. The van der Waals surface area contributed by atoms with Crippen LogP contribution in [-0.4, -0.2) is 8.42 Å². The van der Waals surface area contributed by atoms with E-state index in [9.17, 15) is 12.8 Å². The van der Waals surface area contributed by atoms with Crippen LogP contribution in [0.1, 0.15) is 5.56 Å². The zero-order valence-electron chi connectivity index (χ0n) is 10.8. The number of hydrogen-bond donors (Lipinski definition) is 2. The van der Waals surface area contributed by atoms with Crippen molar-refractivity contribution in [2.24, 2.45) is 0 Å². The number of rotatable bonds is 3. The van der Waals surface area contributed by atoms with E-state index >= 15 is 0 Å². The van der Waals surface area contributed by atoms with Crippen LogP contribution in [0, 0.1) is 12.7 Å². The summed E-state index contributed by atoms with van der Waals surface area (Å²) < 4.78 is 40.3. The van der Waals surface area contributed by atoms with Crippen molar-refractivity contribution >= 4 is 44.6 Å². The molecule has 2 aromatic carbocycles. The Balaban J connectivity index is 2.40. The molecule has 112 valence electrons. The molecule has 0 unspecified atom stereocenters. The lowest BCUT2D eigenvalue weighted by molar-refractivity contribution is 0.599. The van der Waals surface area contributed by atoms with Crippen molar-refractivity contribution in [2.75, 3.05) is 10.5 Å². The molecule has 0 aliphatic heterocycles. The molecule has 3 N–H and O–H groups in total. The fourth-order valence-electron chi connectivity index (χ4n) is 1.69. The molecule has 2 rings (SSSR count). The smallest absolute Gasteiger partial charge is 0.261 e. The van der Waals surface area contributed by atoms with E-state index in [-0.39, 0.29) is 26.9 Å². The van der Waals surface area contributed by atoms with Gasteiger partial charge in [0.15, 0.2) is 0 Å². The average molecular weight is 349 g/mol. The van der Waals surface area contributed by atoms with E-state index in [1.807, 2.05) is 0 Å². The summed E-state index contributed by atoms with van der Waals surface area (Å²) in [4.78, 5) is -0.134. The SMILES string of the molecule is Cc1cc(S(=O)(=O)Nc2ccc(Cl)c(Cl)c2)cc(N)c1F. The molecule has 0 saturated heterocycles. The van der Waals surface area contributed by atoms with Gasteiger partial charge in [0.2, 0.25) is 0 Å². The van der Waals surface area contributed by atoms with Gasteiger partial charge < -0.3 is 5.73 Å². The molecule has 0 bridgehead atoms. The van der Waals surface area contributed by atoms with E-state index in [0.29, 0.717) is 5.02 Å². The molecule has 0 saturated carbocycles. The minimum atomic E-state index is -3.90. The van der Waals surface area contributed by atoms with Crippen molar-refractivity contribution in [3.8, 4) is 0 Å². The second-order valence-corrected chi connectivity index (χ2v) is 6.87. The predicted octanol–water partition coefficient (Wildman–Crippen LogP) is 3.82. The van der Waals surface area contributed by atoms with E-state index in [1.165, 1.54) is 31.2 Å². The monoisotopic (exact) mass is 348 g/mol. The van der Waals surface area contributed by atoms with E-state index in [4.69, 9.17) is 28.9 Å². The van der Waals surface area contributed by atoms with Crippen molar-refractivity contribution < 1.29 is 12.8 Å². The molecule has 21 heavy (non-hydrogen) atoms. The summed E-state index contributed by atoms with van der Waals surface area (Å²) in [5.41, 5.74) is 5.60. The first-order chi connectivity index (χ1) is 9.70. The molecule has 0 atom stereocenters. The van der Waals surface area contributed by atoms with Crippen LogP contribution < -0.4 is 10.5 Å². The number of aryl methyl sites for hydroxylation is 1. The fraction of sp³-hybridized carbons (Fsp3) is 0.0769. The topological polar surface area (TPSA) is 72.2 Å². The van der Waals surface area contributed by atoms with Crippen LogP contribution in [0.25, 0.3) is 0 Å². The molecule has 0 spiro atoms. The second kappa shape index (κ2) is 5.71. The second-order valence-electron chi connectivity index (χ2n) is 4.38. The Morgan fingerprint density at radius 3 is 2.38 bits per heavy atom. The Kier molecular flexibility index (Phi) is 4.32. The zero-order valence-corrected chi connectivity index (χ0v) is 13.2. The zero-order chi connectivity index (χ0) is 15.8. The maximum atomic E-state index is 13.5. The molecule has 0 amide bonds. The van der Waals surface area contributed by atoms with Crippen molar-refractivity contribution in [3.63, 3.8) is 0 Å². The highest BCUT2D eigenvalue weighted by Gasteiger charge is 2.18. The number of hydrogen-bond acceptors (Lipinski definition) is 3. The minimum absolute atomic E-state index is 0.134. The third-order valence-corrected chi connectivity index (χ3v) is 4.84. The van der Waals surface area contributed by atoms with E-state index in [0.717, 1.165) is 6.07 Å². The van der Waals surface area contributed by atoms with Gasteiger partial charge in [-0.2, -0.15) is 0 Å². The number of nitrogen functional groups attached to an aromatic ring is 1. The Morgan fingerprint density at radius 2 is 1.81 bits per heavy atom. The lowest BCUT2D eigenvalue weighted by Gasteiger charge is -2.11. The van der Waals surface area contributed by atoms with Crippen molar-refractivity contribution in [1.29, 1.82) is 0 Å². The highest BCUT2D eigenvalue weighted by molar-refractivity contribution is 7.92. The maximum Gasteiger partial charge on any atom is 0.261 e. The summed E-state index contributed by atoms with van der Waals surface area (Å²) >= 11 is 11.6. The van der Waals surface area contributed by atoms with Crippen LogP contribution in [0.5, 0.6) is 0 Å². The van der Waals surface area contributed by atoms with Gasteiger partial charge in [0.25, 0.3) is 10.0 Å². The molecule has 0 aliphatic rings. The first-order valence-electron chi connectivity index (χ1n) is 5.74. The fourth-order valence-corrected chi connectivity index (χ4v) is 3.16. The van der Waals surface area contributed by atoms with Gasteiger partial charge in [0.05, 0.1) is 26.3 Å². The lowest BCUT2D eigenvalue weighted by Crippen LogP contribution is -2.14. The Labute approximate surface area is 131 Å². The van der Waals surface area contributed by atoms with Gasteiger partial charge in [-0.05, 0) is 42.8 Å². The van der Waals surface area contributed by atoms with Gasteiger partial charge in [-0.3, -0.25) is 4.72 Å². The van der Waals surface area contributed by atoms with E-state index in [1.54, 1.807) is 0 Å². The van der Waals surface area contributed by atoms with Crippen molar-refractivity contribution in [3.05, 3.63) is 51.8 Å². The standard InChI is InChI=1S/C13H11Cl2FN2O2S/c1-7-4-9(6-12(17)13(7)16)21(19,20)18-8-2-3-10(14)11(15)5-8/h2-6,18H,17H2,1H3. The minimum Gasteiger partial charge on any atom is -0.396 e. The van der Waals surface area contributed by atoms with Gasteiger partial charge in [0.1, 0.15) is 5.82 Å². The number of anilines is 2. The third-order valence-electron chi connectivity index (χ3n) is 2.74. The van der Waals surface area contributed by atoms with Crippen LogP contribution in [-0.2, 0) is 10.0 Å². The van der Waals surface area contributed by atoms with Gasteiger partial charge >= 0.3 is 0 Å². The van der Waals surface area contributed by atoms with Crippen LogP contribution in [0.2, 0.25) is 10.0 Å². The molecule has 0 aromatic heterocycles. The van der Waals surface area contributed by atoms with E-state index in [2.05, 4.69) is 4.72 Å². The summed E-state index contributed by atoms with van der Waals surface area (Å²) in [6, 6.07) is 6.56. The summed E-state index contributed by atoms with van der Waals surface area (Å²) in [5.74, 6) is -0.636. The molecular formula is C13H11Cl2FN2O2S. The van der Waals surface area contributed by atoms with Crippen molar-refractivity contribution in [1.82, 2.24) is 0 Å². The number of nitrogens with one attached hydrogen (secondary N) is 1. The highest BCUT2D eigenvalue weighted by Crippen LogP contribution is 2.27. The third kappa shape index (κ3) is 3.40. The largest absolute Gasteiger partial charge is 0.396 e. The van der Waals surface area contributed by atoms with E-state index < -0.39 is 15.8 Å². The molecule has 2 aromatic rings. The molecule has 0 aliphatic carbocycles. The number of halogens is 3. The maximum absolute atomic E-state index is 13.5. The molecule has 0 radical (unpaired) electrons. The van der Waals surface area contributed by atoms with Crippen LogP contribution >= 0.6 is 23.2 Å². The number of benzene rings is 2. The van der Waals surface area contributed by atoms with Crippen molar-refractivity contribution in [2.45, 2.75) is 11.8 Å². The van der Waals surface area contributed by atoms with Crippen LogP contribution in [0.15, 0.2) is 35.2 Å². The molecule has 4 nitrogen and oxygen atoms in total. The molecule has 8 heteroatoms.